The van der Waals surface area contributed by atoms with Crippen molar-refractivity contribution in [3.05, 3.63) is 106 Å². The normalized spacial score (nSPS) is 40.8. The van der Waals surface area contributed by atoms with Gasteiger partial charge in [0.15, 0.2) is 11.4 Å². The topological polar surface area (TPSA) is 104 Å². The number of hydrogen-bond donors (Lipinski definition) is 2. The Bertz CT molecular complexity index is 2300. The molecule has 4 saturated carbocycles. The Morgan fingerprint density at radius 1 is 0.831 bits per heavy atom. The molecule has 1 saturated heterocycles. The highest BCUT2D eigenvalue weighted by Crippen LogP contribution is 2.78. The van der Waals surface area contributed by atoms with Crippen LogP contribution in [0.5, 0.6) is 0 Å². The number of esters is 1. The summed E-state index contributed by atoms with van der Waals surface area (Å²) in [7, 11) is 0. The number of aliphatic hydroxyl groups excluding tert-OH is 1. The molecule has 0 radical (unpaired) electrons. The quantitative estimate of drug-likeness (QED) is 0.127. The SMILES string of the molecule is CC1(C)[C@@]2(C)CC[C@]1(C(=O)N(CCc1cccs1)C[C@]1(O)CC[C@H]3[C@]45C=C[C@@]6(C=C4C(=O)c4ccccc4-c4ccccc4)CC(O)CC[C@]6(C)[C@H]5CC[C@@]31C)OC2=O. The zero-order chi connectivity index (χ0) is 41.4. The zero-order valence-electron chi connectivity index (χ0n) is 35.3. The second kappa shape index (κ2) is 12.8. The van der Waals surface area contributed by atoms with E-state index in [4.69, 9.17) is 4.74 Å². The van der Waals surface area contributed by atoms with Crippen LogP contribution in [-0.2, 0) is 20.7 Å². The molecule has 2 aromatic carbocycles. The molecule has 4 bridgehead atoms. The second-order valence-electron chi connectivity index (χ2n) is 20.8. The fraction of sp³-hybridized carbons (Fsp3) is 0.549. The predicted molar refractivity (Wildman–Crippen MR) is 229 cm³/mol. The summed E-state index contributed by atoms with van der Waals surface area (Å²) in [6, 6.07) is 22.2. The van der Waals surface area contributed by atoms with Gasteiger partial charge in [-0.25, -0.2) is 0 Å². The molecule has 1 amide bonds. The van der Waals surface area contributed by atoms with Crippen LogP contribution >= 0.6 is 11.3 Å². The standard InChI is InChI=1S/C51H59NO6S/c1-44(2)47(5)24-27-51(44,58-43(47)56)42(55)52(28-20-35-14-11-29-59-35)32-49(57)23-19-40-46(49,4)22-18-39-45(3)21-17-34(53)30-48(45)25-26-50(39,40)38(31-48)41(54)37-16-10-9-15-36(37)33-12-7-6-8-13-33/h6-16,25-26,29,31,34,39-40,53,57H,17-24,27-28,30,32H2,1-5H3/t34?,39-,40-,45-,46+,47+,48+,49-,50-,51-/m1/s1. The molecule has 2 N–H and O–H groups in total. The van der Waals surface area contributed by atoms with E-state index < -0.39 is 44.4 Å². The lowest BCUT2D eigenvalue weighted by Crippen LogP contribution is -2.68. The first-order chi connectivity index (χ1) is 28.0. The smallest absolute Gasteiger partial charge is 0.313 e. The number of rotatable bonds is 9. The van der Waals surface area contributed by atoms with Crippen LogP contribution < -0.4 is 0 Å². The summed E-state index contributed by atoms with van der Waals surface area (Å²) >= 11 is 1.66. The molecule has 3 aromatic rings. The number of hydrogen-bond acceptors (Lipinski definition) is 7. The van der Waals surface area contributed by atoms with Gasteiger partial charge in [-0.3, -0.25) is 14.4 Å². The van der Waals surface area contributed by atoms with E-state index in [-0.39, 0.29) is 41.5 Å². The first kappa shape index (κ1) is 39.3. The van der Waals surface area contributed by atoms with Crippen LogP contribution in [0.4, 0.5) is 0 Å². The van der Waals surface area contributed by atoms with Crippen LogP contribution in [-0.4, -0.2) is 63.2 Å². The Hall–Kier alpha value is -3.85. The van der Waals surface area contributed by atoms with E-state index in [9.17, 15) is 15.0 Å². The highest BCUT2D eigenvalue weighted by Gasteiger charge is 2.78. The Morgan fingerprint density at radius 2 is 1.54 bits per heavy atom. The molecule has 5 fully saturated rings. The average molecular weight is 814 g/mol. The maximum absolute atomic E-state index is 15.6. The minimum atomic E-state index is -1.28. The van der Waals surface area contributed by atoms with E-state index in [1.165, 1.54) is 0 Å². The van der Waals surface area contributed by atoms with Gasteiger partial charge in [0.1, 0.15) is 0 Å². The third-order valence-electron chi connectivity index (χ3n) is 18.6. The van der Waals surface area contributed by atoms with Gasteiger partial charge in [-0.15, -0.1) is 11.3 Å². The highest BCUT2D eigenvalue weighted by atomic mass is 32.1. The molecule has 7 nitrogen and oxygen atoms in total. The van der Waals surface area contributed by atoms with Gasteiger partial charge in [0, 0.05) is 44.2 Å². The fourth-order valence-electron chi connectivity index (χ4n) is 14.5. The monoisotopic (exact) mass is 813 g/mol. The van der Waals surface area contributed by atoms with Gasteiger partial charge in [-0.05, 0) is 111 Å². The van der Waals surface area contributed by atoms with E-state index in [0.717, 1.165) is 47.3 Å². The highest BCUT2D eigenvalue weighted by molar-refractivity contribution is 7.09. The number of fused-ring (bicyclic) bond motifs is 3. The van der Waals surface area contributed by atoms with Crippen molar-refractivity contribution >= 4 is 29.0 Å². The van der Waals surface area contributed by atoms with Gasteiger partial charge in [-0.1, -0.05) is 107 Å². The summed E-state index contributed by atoms with van der Waals surface area (Å²) in [4.78, 5) is 47.3. The maximum atomic E-state index is 15.6. The largest absolute Gasteiger partial charge is 0.448 e. The third-order valence-corrected chi connectivity index (χ3v) is 19.5. The molecule has 8 heteroatoms. The minimum absolute atomic E-state index is 0.0291. The van der Waals surface area contributed by atoms with Gasteiger partial charge in [0.25, 0.3) is 5.91 Å². The van der Waals surface area contributed by atoms with Gasteiger partial charge >= 0.3 is 5.97 Å². The lowest BCUT2D eigenvalue weighted by molar-refractivity contribution is -0.187. The van der Waals surface area contributed by atoms with Crippen LogP contribution in [0.3, 0.4) is 0 Å². The minimum Gasteiger partial charge on any atom is -0.448 e. The average Bonchev–Trinajstić information content (AvgIpc) is 3.93. The van der Waals surface area contributed by atoms with Crippen LogP contribution in [0, 0.1) is 44.3 Å². The van der Waals surface area contributed by atoms with Crippen LogP contribution in [0.1, 0.15) is 108 Å². The third kappa shape index (κ3) is 4.91. The number of nitrogens with zero attached hydrogens (tertiary/aromatic N) is 1. The molecule has 1 aliphatic heterocycles. The van der Waals surface area contributed by atoms with E-state index in [2.05, 4.69) is 50.3 Å². The van der Waals surface area contributed by atoms with Crippen molar-refractivity contribution in [2.75, 3.05) is 13.1 Å². The summed E-state index contributed by atoms with van der Waals surface area (Å²) in [5.41, 5.74) is -2.50. The molecule has 2 heterocycles. The Morgan fingerprint density at radius 3 is 2.25 bits per heavy atom. The Kier molecular flexibility index (Phi) is 8.55. The molecule has 2 spiro atoms. The Balaban J connectivity index is 1.07. The Labute approximate surface area is 352 Å². The summed E-state index contributed by atoms with van der Waals surface area (Å²) in [6.07, 6.45) is 13.3. The van der Waals surface area contributed by atoms with Gasteiger partial charge < -0.3 is 19.8 Å². The number of Topliss-reactive ketones (excluding diaryl/α,β-unsaturated/α-hetero) is 1. The number of amides is 1. The number of benzene rings is 2. The van der Waals surface area contributed by atoms with Crippen molar-refractivity contribution in [1.82, 2.24) is 4.90 Å². The number of ketones is 1. The molecule has 310 valence electrons. The van der Waals surface area contributed by atoms with E-state index in [1.54, 1.807) is 11.3 Å². The van der Waals surface area contributed by atoms with Crippen molar-refractivity contribution in [3.63, 3.8) is 0 Å². The molecular weight excluding hydrogens is 755 g/mol. The molecule has 11 rings (SSSR count). The molecule has 1 aromatic heterocycles. The number of allylic oxidation sites excluding steroid dienone is 4. The number of carbonyl (C=O) groups excluding carboxylic acids is 3. The summed E-state index contributed by atoms with van der Waals surface area (Å²) in [5, 5.41) is 26.8. The van der Waals surface area contributed by atoms with Crippen molar-refractivity contribution in [3.8, 4) is 11.1 Å². The first-order valence-electron chi connectivity index (χ1n) is 22.1. The summed E-state index contributed by atoms with van der Waals surface area (Å²) in [6.45, 7) is 11.1. The maximum Gasteiger partial charge on any atom is 0.313 e. The summed E-state index contributed by atoms with van der Waals surface area (Å²) in [5.74, 6) is -0.391. The molecule has 1 unspecified atom stereocenters. The molecule has 8 aliphatic rings. The van der Waals surface area contributed by atoms with E-state index in [0.29, 0.717) is 50.6 Å². The first-order valence-corrected chi connectivity index (χ1v) is 23.0. The van der Waals surface area contributed by atoms with E-state index >= 15 is 9.59 Å². The number of ether oxygens (including phenoxy) is 1. The molecule has 59 heavy (non-hydrogen) atoms. The predicted octanol–water partition coefficient (Wildman–Crippen LogP) is 9.38. The summed E-state index contributed by atoms with van der Waals surface area (Å²) < 4.78 is 6.20. The van der Waals surface area contributed by atoms with Gasteiger partial charge in [0.2, 0.25) is 0 Å². The van der Waals surface area contributed by atoms with Crippen molar-refractivity contribution in [2.24, 2.45) is 44.3 Å². The molecular formula is C51H59NO6S. The number of carbonyl (C=O) groups is 3. The van der Waals surface area contributed by atoms with Crippen molar-refractivity contribution in [2.45, 2.75) is 116 Å². The number of thiophene rings is 1. The number of aliphatic hydroxyl groups is 2. The molecule has 7 aliphatic carbocycles. The van der Waals surface area contributed by atoms with Crippen LogP contribution in [0.25, 0.3) is 11.1 Å². The van der Waals surface area contributed by atoms with Crippen LogP contribution in [0.15, 0.2) is 95.9 Å². The van der Waals surface area contributed by atoms with Crippen LogP contribution in [0.2, 0.25) is 0 Å². The molecule has 10 atom stereocenters. The lowest BCUT2D eigenvalue weighted by Gasteiger charge is -2.71. The van der Waals surface area contributed by atoms with E-state index in [1.807, 2.05) is 79.6 Å². The van der Waals surface area contributed by atoms with Crippen molar-refractivity contribution in [1.29, 1.82) is 0 Å². The fourth-order valence-corrected chi connectivity index (χ4v) is 15.2. The lowest BCUT2D eigenvalue weighted by atomic mass is 9.32. The van der Waals surface area contributed by atoms with Gasteiger partial charge in [-0.2, -0.15) is 0 Å². The van der Waals surface area contributed by atoms with Crippen molar-refractivity contribution < 1.29 is 29.3 Å². The zero-order valence-corrected chi connectivity index (χ0v) is 36.1. The second-order valence-corrected chi connectivity index (χ2v) is 21.8. The van der Waals surface area contributed by atoms with Gasteiger partial charge in [0.05, 0.1) is 23.7 Å².